The van der Waals surface area contributed by atoms with Crippen molar-refractivity contribution in [2.75, 3.05) is 11.7 Å². The number of rotatable bonds is 3. The minimum atomic E-state index is -0.885. The lowest BCUT2D eigenvalue weighted by atomic mass is 9.96. The summed E-state index contributed by atoms with van der Waals surface area (Å²) in [5.41, 5.74) is 1.61. The second-order valence-electron chi connectivity index (χ2n) is 7.49. The molecule has 0 bridgehead atoms. The van der Waals surface area contributed by atoms with Gasteiger partial charge in [0.25, 0.3) is 5.78 Å². The quantitative estimate of drug-likeness (QED) is 0.281. The van der Waals surface area contributed by atoms with E-state index in [-0.39, 0.29) is 18.1 Å². The molecule has 2 aromatic heterocycles. The average Bonchev–Trinajstić information content (AvgIpc) is 3.55. The predicted octanol–water partition coefficient (Wildman–Crippen LogP) is 4.05. The predicted molar refractivity (Wildman–Crippen MR) is 121 cm³/mol. The maximum atomic E-state index is 13.2. The summed E-state index contributed by atoms with van der Waals surface area (Å²) in [6.07, 6.45) is 3.18. The van der Waals surface area contributed by atoms with Crippen molar-refractivity contribution in [1.29, 1.82) is 0 Å². The highest BCUT2D eigenvalue weighted by Gasteiger charge is 2.48. The summed E-state index contributed by atoms with van der Waals surface area (Å²) in [5.74, 6) is -0.852. The molecule has 1 saturated heterocycles. The summed E-state index contributed by atoms with van der Waals surface area (Å²) in [7, 11) is 0. The Hall–Kier alpha value is -4.24. The third-order valence-electron chi connectivity index (χ3n) is 5.58. The van der Waals surface area contributed by atoms with Crippen molar-refractivity contribution in [3.8, 4) is 11.5 Å². The van der Waals surface area contributed by atoms with Gasteiger partial charge in [0.15, 0.2) is 16.6 Å². The van der Waals surface area contributed by atoms with Gasteiger partial charge in [0.1, 0.15) is 5.76 Å². The van der Waals surface area contributed by atoms with Crippen molar-refractivity contribution in [1.82, 2.24) is 9.97 Å². The zero-order chi connectivity index (χ0) is 22.5. The number of Topliss-reactive ketones (excluding diaryl/α,β-unsaturated/α-hetero) is 1. The number of carbonyl (C=O) groups is 2. The van der Waals surface area contributed by atoms with E-state index < -0.39 is 17.7 Å². The molecule has 33 heavy (non-hydrogen) atoms. The van der Waals surface area contributed by atoms with E-state index in [0.29, 0.717) is 27.8 Å². The maximum Gasteiger partial charge on any atom is 0.301 e. The highest BCUT2D eigenvalue weighted by atomic mass is 32.1. The molecule has 4 aromatic rings. The Labute approximate surface area is 191 Å². The highest BCUT2D eigenvalue weighted by Crippen LogP contribution is 2.44. The number of aliphatic hydroxyl groups is 1. The molecule has 0 aliphatic carbocycles. The third kappa shape index (κ3) is 3.05. The van der Waals surface area contributed by atoms with Crippen LogP contribution in [-0.2, 0) is 9.59 Å². The van der Waals surface area contributed by atoms with Gasteiger partial charge in [-0.2, -0.15) is 0 Å². The van der Waals surface area contributed by atoms with Gasteiger partial charge in [-0.3, -0.25) is 19.5 Å². The number of hydrogen-bond acceptors (Lipinski definition) is 8. The zero-order valence-electron chi connectivity index (χ0n) is 17.0. The second kappa shape index (κ2) is 7.42. The van der Waals surface area contributed by atoms with Crippen molar-refractivity contribution >= 4 is 44.1 Å². The Bertz CT molecular complexity index is 1430. The van der Waals surface area contributed by atoms with Gasteiger partial charge in [-0.15, -0.1) is 0 Å². The molecule has 0 saturated carbocycles. The molecule has 1 N–H and O–H groups in total. The van der Waals surface area contributed by atoms with E-state index in [1.807, 2.05) is 24.3 Å². The van der Waals surface area contributed by atoms with Gasteiger partial charge in [-0.1, -0.05) is 29.5 Å². The lowest BCUT2D eigenvalue weighted by molar-refractivity contribution is -0.132. The number of ether oxygens (including phenoxy) is 2. The van der Waals surface area contributed by atoms with Crippen LogP contribution in [0.4, 0.5) is 5.13 Å². The van der Waals surface area contributed by atoms with Crippen molar-refractivity contribution < 1.29 is 24.2 Å². The first kappa shape index (κ1) is 19.4. The van der Waals surface area contributed by atoms with Crippen molar-refractivity contribution in [2.45, 2.75) is 6.04 Å². The number of nitrogens with zero attached hydrogens (tertiary/aromatic N) is 3. The molecule has 9 heteroatoms. The Morgan fingerprint density at radius 1 is 1.06 bits per heavy atom. The van der Waals surface area contributed by atoms with Crippen LogP contribution in [-0.4, -0.2) is 33.6 Å². The average molecular weight is 457 g/mol. The number of carbonyl (C=O) groups excluding carboxylic acids is 2. The summed E-state index contributed by atoms with van der Waals surface area (Å²) < 4.78 is 11.6. The molecule has 1 atom stereocenters. The summed E-state index contributed by atoms with van der Waals surface area (Å²) in [6, 6.07) is 14.9. The summed E-state index contributed by atoms with van der Waals surface area (Å²) in [4.78, 5) is 36.5. The molecule has 0 spiro atoms. The van der Waals surface area contributed by atoms with Gasteiger partial charge >= 0.3 is 5.91 Å². The number of hydrogen-bond donors (Lipinski definition) is 1. The fourth-order valence-electron chi connectivity index (χ4n) is 4.05. The van der Waals surface area contributed by atoms with Gasteiger partial charge in [-0.05, 0) is 42.0 Å². The Morgan fingerprint density at radius 3 is 2.73 bits per heavy atom. The first-order valence-electron chi connectivity index (χ1n) is 10.1. The number of aliphatic hydroxyl groups excluding tert-OH is 1. The number of para-hydroxylation sites is 1. The monoisotopic (exact) mass is 457 g/mol. The van der Waals surface area contributed by atoms with Crippen LogP contribution in [0.1, 0.15) is 17.2 Å². The number of amides is 1. The van der Waals surface area contributed by atoms with Crippen LogP contribution in [0, 0.1) is 0 Å². The van der Waals surface area contributed by atoms with Crippen LogP contribution in [0.2, 0.25) is 0 Å². The number of benzene rings is 2. The van der Waals surface area contributed by atoms with E-state index in [2.05, 4.69) is 9.97 Å². The van der Waals surface area contributed by atoms with Gasteiger partial charge in [-0.25, -0.2) is 4.98 Å². The van der Waals surface area contributed by atoms with E-state index in [4.69, 9.17) is 9.47 Å². The van der Waals surface area contributed by atoms with Crippen LogP contribution in [0.5, 0.6) is 11.5 Å². The van der Waals surface area contributed by atoms with Crippen LogP contribution < -0.4 is 14.4 Å². The molecule has 1 amide bonds. The van der Waals surface area contributed by atoms with E-state index in [1.54, 1.807) is 42.7 Å². The van der Waals surface area contributed by atoms with Crippen LogP contribution in [0.25, 0.3) is 16.0 Å². The highest BCUT2D eigenvalue weighted by molar-refractivity contribution is 7.22. The Morgan fingerprint density at radius 2 is 1.91 bits per heavy atom. The van der Waals surface area contributed by atoms with Crippen LogP contribution in [0.3, 0.4) is 0 Å². The van der Waals surface area contributed by atoms with E-state index in [1.165, 1.54) is 16.2 Å². The van der Waals surface area contributed by atoms with Crippen LogP contribution in [0.15, 0.2) is 72.6 Å². The molecule has 0 radical (unpaired) electrons. The Kier molecular flexibility index (Phi) is 4.37. The molecule has 1 fully saturated rings. The lowest BCUT2D eigenvalue weighted by Gasteiger charge is -2.22. The smallest absolute Gasteiger partial charge is 0.301 e. The molecule has 2 aliphatic heterocycles. The molecular weight excluding hydrogens is 442 g/mol. The van der Waals surface area contributed by atoms with Crippen LogP contribution >= 0.6 is 11.3 Å². The number of anilines is 1. The summed E-state index contributed by atoms with van der Waals surface area (Å²) in [6.45, 7) is 0.0806. The van der Waals surface area contributed by atoms with E-state index in [0.717, 1.165) is 10.2 Å². The topological polar surface area (TPSA) is 102 Å². The molecule has 162 valence electrons. The molecule has 2 aliphatic rings. The molecule has 1 unspecified atom stereocenters. The minimum Gasteiger partial charge on any atom is -0.507 e. The number of pyridine rings is 1. The van der Waals surface area contributed by atoms with Gasteiger partial charge in [0.05, 0.1) is 21.8 Å². The van der Waals surface area contributed by atoms with Gasteiger partial charge in [0, 0.05) is 18.0 Å². The normalized spacial score (nSPS) is 18.9. The van der Waals surface area contributed by atoms with Gasteiger partial charge < -0.3 is 14.6 Å². The largest absolute Gasteiger partial charge is 0.507 e. The fourth-order valence-corrected chi connectivity index (χ4v) is 5.04. The summed E-state index contributed by atoms with van der Waals surface area (Å²) in [5, 5.41) is 11.6. The molecule has 6 rings (SSSR count). The van der Waals surface area contributed by atoms with E-state index >= 15 is 0 Å². The first-order chi connectivity index (χ1) is 16.1. The van der Waals surface area contributed by atoms with Crippen molar-refractivity contribution in [2.24, 2.45) is 0 Å². The first-order valence-corrected chi connectivity index (χ1v) is 10.9. The lowest BCUT2D eigenvalue weighted by Crippen LogP contribution is -2.29. The molecule has 4 heterocycles. The standard InChI is InChI=1S/C24H15N3O5S/c28-21(13-7-8-16-17(10-13)32-12-31-16)19-20(14-4-3-9-25-11-14)27(23(30)22(19)29)24-26-15-5-1-2-6-18(15)33-24/h1-11,20,28H,12H2/b21-19+. The zero-order valence-corrected chi connectivity index (χ0v) is 17.8. The SMILES string of the molecule is O=C1C(=O)N(c2nc3ccccc3s2)C(c2cccnc2)/C1=C(\O)c1ccc2c(c1)OCO2. The van der Waals surface area contributed by atoms with Crippen molar-refractivity contribution in [3.63, 3.8) is 0 Å². The fraction of sp³-hybridized carbons (Fsp3) is 0.0833. The van der Waals surface area contributed by atoms with Crippen molar-refractivity contribution in [3.05, 3.63) is 83.7 Å². The minimum absolute atomic E-state index is 0.0360. The number of thiazole rings is 1. The molecule has 2 aromatic carbocycles. The maximum absolute atomic E-state index is 13.2. The second-order valence-corrected chi connectivity index (χ2v) is 8.50. The number of aromatic nitrogens is 2. The number of ketones is 1. The van der Waals surface area contributed by atoms with Gasteiger partial charge in [0.2, 0.25) is 6.79 Å². The molecule has 8 nitrogen and oxygen atoms in total. The van der Waals surface area contributed by atoms with E-state index in [9.17, 15) is 14.7 Å². The summed E-state index contributed by atoms with van der Waals surface area (Å²) >= 11 is 1.31. The number of fused-ring (bicyclic) bond motifs is 2. The third-order valence-corrected chi connectivity index (χ3v) is 6.61. The molecular formula is C24H15N3O5S. The Balaban J connectivity index is 1.55.